The molecule has 2 rings (SSSR count). The fourth-order valence-corrected chi connectivity index (χ4v) is 3.17. The standard InChI is InChI=1S/C16H22ClN3S/c1-12(2)11-18-8-4-7-15-19-20-16(21-15)10-13-5-3-6-14(17)9-13/h3,5-6,9,12,18H,4,7-8,10-11H2,1-2H3. The van der Waals surface area contributed by atoms with E-state index in [1.54, 1.807) is 11.3 Å². The number of nitrogens with one attached hydrogen (secondary N) is 1. The van der Waals surface area contributed by atoms with Gasteiger partial charge in [0.05, 0.1) is 0 Å². The van der Waals surface area contributed by atoms with Crippen molar-refractivity contribution in [3.63, 3.8) is 0 Å². The zero-order chi connectivity index (χ0) is 15.1. The van der Waals surface area contributed by atoms with Gasteiger partial charge in [-0.1, -0.05) is 37.6 Å². The summed E-state index contributed by atoms with van der Waals surface area (Å²) in [7, 11) is 0. The van der Waals surface area contributed by atoms with Gasteiger partial charge in [-0.15, -0.1) is 21.5 Å². The summed E-state index contributed by atoms with van der Waals surface area (Å²) in [5.74, 6) is 0.704. The molecule has 0 aliphatic carbocycles. The van der Waals surface area contributed by atoms with Crippen LogP contribution in [0.1, 0.15) is 35.8 Å². The van der Waals surface area contributed by atoms with Gasteiger partial charge in [-0.2, -0.15) is 0 Å². The third-order valence-corrected chi connectivity index (χ3v) is 4.27. The normalized spacial score (nSPS) is 11.2. The van der Waals surface area contributed by atoms with Crippen LogP contribution in [0.5, 0.6) is 0 Å². The molecule has 0 unspecified atom stereocenters. The lowest BCUT2D eigenvalue weighted by Gasteiger charge is -2.05. The largest absolute Gasteiger partial charge is 0.316 e. The van der Waals surface area contributed by atoms with Crippen LogP contribution in [0.3, 0.4) is 0 Å². The predicted octanol–water partition coefficient (Wildman–Crippen LogP) is 3.96. The van der Waals surface area contributed by atoms with Crippen LogP contribution in [0.2, 0.25) is 5.02 Å². The van der Waals surface area contributed by atoms with Gasteiger partial charge in [0.2, 0.25) is 0 Å². The molecule has 1 heterocycles. The van der Waals surface area contributed by atoms with Crippen molar-refractivity contribution in [2.45, 2.75) is 33.1 Å². The van der Waals surface area contributed by atoms with Crippen LogP contribution in [-0.4, -0.2) is 23.3 Å². The predicted molar refractivity (Wildman–Crippen MR) is 90.2 cm³/mol. The van der Waals surface area contributed by atoms with Gasteiger partial charge in [-0.25, -0.2) is 0 Å². The molecule has 2 aromatic rings. The van der Waals surface area contributed by atoms with Gasteiger partial charge in [0.1, 0.15) is 10.0 Å². The van der Waals surface area contributed by atoms with Crippen molar-refractivity contribution in [1.82, 2.24) is 15.5 Å². The monoisotopic (exact) mass is 323 g/mol. The first kappa shape index (κ1) is 16.4. The second kappa shape index (κ2) is 8.47. The second-order valence-electron chi connectivity index (χ2n) is 5.60. The summed E-state index contributed by atoms with van der Waals surface area (Å²) in [4.78, 5) is 0. The van der Waals surface area contributed by atoms with Crippen molar-refractivity contribution < 1.29 is 0 Å². The molecule has 0 bridgehead atoms. The van der Waals surface area contributed by atoms with Crippen LogP contribution in [0.4, 0.5) is 0 Å². The molecule has 0 aliphatic rings. The maximum Gasteiger partial charge on any atom is 0.121 e. The minimum atomic E-state index is 0.704. The number of nitrogens with zero attached hydrogens (tertiary/aromatic N) is 2. The number of rotatable bonds is 8. The van der Waals surface area contributed by atoms with Gasteiger partial charge in [-0.05, 0) is 43.1 Å². The second-order valence-corrected chi connectivity index (χ2v) is 7.18. The number of hydrogen-bond donors (Lipinski definition) is 1. The molecule has 0 radical (unpaired) electrons. The summed E-state index contributed by atoms with van der Waals surface area (Å²) in [6, 6.07) is 7.92. The lowest BCUT2D eigenvalue weighted by atomic mass is 10.2. The Balaban J connectivity index is 1.76. The third kappa shape index (κ3) is 6.12. The van der Waals surface area contributed by atoms with Crippen molar-refractivity contribution in [3.8, 4) is 0 Å². The lowest BCUT2D eigenvalue weighted by Crippen LogP contribution is -2.21. The molecule has 1 N–H and O–H groups in total. The van der Waals surface area contributed by atoms with Crippen molar-refractivity contribution in [2.24, 2.45) is 5.92 Å². The van der Waals surface area contributed by atoms with E-state index < -0.39 is 0 Å². The molecule has 0 amide bonds. The minimum Gasteiger partial charge on any atom is -0.316 e. The molecule has 1 aromatic carbocycles. The molecule has 0 spiro atoms. The highest BCUT2D eigenvalue weighted by Gasteiger charge is 2.05. The van der Waals surface area contributed by atoms with E-state index in [-0.39, 0.29) is 0 Å². The van der Waals surface area contributed by atoms with E-state index in [2.05, 4.69) is 35.4 Å². The summed E-state index contributed by atoms with van der Waals surface area (Å²) < 4.78 is 0. The Morgan fingerprint density at radius 3 is 2.81 bits per heavy atom. The Labute approximate surface area is 135 Å². The van der Waals surface area contributed by atoms with E-state index >= 15 is 0 Å². The highest BCUT2D eigenvalue weighted by Crippen LogP contribution is 2.18. The number of benzene rings is 1. The van der Waals surface area contributed by atoms with Gasteiger partial charge in [0.25, 0.3) is 0 Å². The number of aryl methyl sites for hydroxylation is 1. The lowest BCUT2D eigenvalue weighted by molar-refractivity contribution is 0.542. The van der Waals surface area contributed by atoms with Crippen LogP contribution in [0.25, 0.3) is 0 Å². The topological polar surface area (TPSA) is 37.8 Å². The van der Waals surface area contributed by atoms with E-state index in [0.29, 0.717) is 5.92 Å². The average Bonchev–Trinajstić information content (AvgIpc) is 2.85. The van der Waals surface area contributed by atoms with Crippen molar-refractivity contribution >= 4 is 22.9 Å². The Morgan fingerprint density at radius 1 is 1.24 bits per heavy atom. The molecular weight excluding hydrogens is 302 g/mol. The van der Waals surface area contributed by atoms with Crippen LogP contribution in [0, 0.1) is 5.92 Å². The molecule has 1 aromatic heterocycles. The van der Waals surface area contributed by atoms with E-state index in [1.807, 2.05) is 18.2 Å². The molecule has 0 fully saturated rings. The maximum atomic E-state index is 6.00. The SMILES string of the molecule is CC(C)CNCCCc1nnc(Cc2cccc(Cl)c2)s1. The van der Waals surface area contributed by atoms with Gasteiger partial charge in [0.15, 0.2) is 0 Å². The molecule has 114 valence electrons. The van der Waals surface area contributed by atoms with Gasteiger partial charge in [-0.3, -0.25) is 0 Å². The Kier molecular flexibility index (Phi) is 6.61. The van der Waals surface area contributed by atoms with Crippen molar-refractivity contribution in [3.05, 3.63) is 44.9 Å². The van der Waals surface area contributed by atoms with E-state index in [4.69, 9.17) is 11.6 Å². The van der Waals surface area contributed by atoms with Crippen LogP contribution in [0.15, 0.2) is 24.3 Å². The van der Waals surface area contributed by atoms with Crippen molar-refractivity contribution in [2.75, 3.05) is 13.1 Å². The highest BCUT2D eigenvalue weighted by molar-refractivity contribution is 7.11. The molecular formula is C16H22ClN3S. The third-order valence-electron chi connectivity index (χ3n) is 3.05. The molecule has 0 aliphatic heterocycles. The summed E-state index contributed by atoms with van der Waals surface area (Å²) in [5, 5.41) is 15.0. The van der Waals surface area contributed by atoms with Gasteiger partial charge in [0, 0.05) is 17.9 Å². The Morgan fingerprint density at radius 2 is 2.05 bits per heavy atom. The van der Waals surface area contributed by atoms with E-state index in [9.17, 15) is 0 Å². The summed E-state index contributed by atoms with van der Waals surface area (Å²) in [6.07, 6.45) is 2.92. The molecule has 0 saturated carbocycles. The number of halogens is 1. The first-order valence-corrected chi connectivity index (χ1v) is 8.59. The maximum absolute atomic E-state index is 6.00. The molecule has 5 heteroatoms. The fourth-order valence-electron chi connectivity index (χ4n) is 2.04. The van der Waals surface area contributed by atoms with Crippen LogP contribution >= 0.6 is 22.9 Å². The molecule has 21 heavy (non-hydrogen) atoms. The van der Waals surface area contributed by atoms with Crippen LogP contribution < -0.4 is 5.32 Å². The van der Waals surface area contributed by atoms with Crippen molar-refractivity contribution in [1.29, 1.82) is 0 Å². The molecule has 0 atom stereocenters. The fraction of sp³-hybridized carbons (Fsp3) is 0.500. The first-order chi connectivity index (χ1) is 10.1. The average molecular weight is 324 g/mol. The highest BCUT2D eigenvalue weighted by atomic mass is 35.5. The Bertz CT molecular complexity index is 554. The minimum absolute atomic E-state index is 0.704. The van der Waals surface area contributed by atoms with E-state index in [1.165, 1.54) is 5.56 Å². The smallest absolute Gasteiger partial charge is 0.121 e. The number of hydrogen-bond acceptors (Lipinski definition) is 4. The van der Waals surface area contributed by atoms with E-state index in [0.717, 1.165) is 47.4 Å². The molecule has 3 nitrogen and oxygen atoms in total. The van der Waals surface area contributed by atoms with Gasteiger partial charge >= 0.3 is 0 Å². The summed E-state index contributed by atoms with van der Waals surface area (Å²) >= 11 is 7.70. The zero-order valence-corrected chi connectivity index (χ0v) is 14.2. The van der Waals surface area contributed by atoms with Gasteiger partial charge < -0.3 is 5.32 Å². The number of aromatic nitrogens is 2. The molecule has 0 saturated heterocycles. The summed E-state index contributed by atoms with van der Waals surface area (Å²) in [5.41, 5.74) is 1.18. The zero-order valence-electron chi connectivity index (χ0n) is 12.6. The first-order valence-electron chi connectivity index (χ1n) is 7.40. The van der Waals surface area contributed by atoms with Crippen LogP contribution in [-0.2, 0) is 12.8 Å². The quantitative estimate of drug-likeness (QED) is 0.747. The Hall–Kier alpha value is -0.970. The summed E-state index contributed by atoms with van der Waals surface area (Å²) in [6.45, 7) is 6.57.